The highest BCUT2D eigenvalue weighted by Gasteiger charge is 2.06. The first-order chi connectivity index (χ1) is 9.33. The first kappa shape index (κ1) is 14.0. The number of nitrogens with one attached hydrogen (secondary N) is 1. The molecule has 0 amide bonds. The van der Waals surface area contributed by atoms with Crippen molar-refractivity contribution < 1.29 is 4.74 Å². The molecule has 19 heavy (non-hydrogen) atoms. The third kappa shape index (κ3) is 3.78. The van der Waals surface area contributed by atoms with Crippen molar-refractivity contribution in [2.24, 2.45) is 0 Å². The number of imidazole rings is 1. The molecule has 0 radical (unpaired) electrons. The van der Waals surface area contributed by atoms with Crippen LogP contribution in [0.2, 0.25) is 0 Å². The van der Waals surface area contributed by atoms with Crippen LogP contribution in [0.4, 0.5) is 0 Å². The molecule has 2 rings (SSSR count). The summed E-state index contributed by atoms with van der Waals surface area (Å²) in [6.07, 6.45) is 5.63. The van der Waals surface area contributed by atoms with E-state index in [4.69, 9.17) is 4.74 Å². The number of aromatic nitrogens is 2. The molecule has 0 aliphatic heterocycles. The lowest BCUT2D eigenvalue weighted by molar-refractivity contribution is 0.192. The molecule has 1 N–H and O–H groups in total. The summed E-state index contributed by atoms with van der Waals surface area (Å²) in [5.74, 6) is 0. The van der Waals surface area contributed by atoms with Crippen LogP contribution in [0.1, 0.15) is 30.7 Å². The molecule has 4 nitrogen and oxygen atoms in total. The van der Waals surface area contributed by atoms with Crippen molar-refractivity contribution in [2.45, 2.75) is 32.7 Å². The minimum Gasteiger partial charge on any atom is -0.385 e. The van der Waals surface area contributed by atoms with Crippen LogP contribution in [-0.2, 0) is 11.3 Å². The van der Waals surface area contributed by atoms with Crippen LogP contribution in [0, 0.1) is 6.92 Å². The van der Waals surface area contributed by atoms with E-state index in [1.54, 1.807) is 7.11 Å². The fourth-order valence-corrected chi connectivity index (χ4v) is 2.26. The second-order valence-corrected chi connectivity index (χ2v) is 4.80. The lowest BCUT2D eigenvalue weighted by Crippen LogP contribution is -2.16. The Balaban J connectivity index is 1.80. The van der Waals surface area contributed by atoms with Gasteiger partial charge < -0.3 is 14.5 Å². The van der Waals surface area contributed by atoms with Crippen LogP contribution in [0.3, 0.4) is 0 Å². The summed E-state index contributed by atoms with van der Waals surface area (Å²) in [5.41, 5.74) is 3.39. The number of rotatable bonds is 8. The summed E-state index contributed by atoms with van der Waals surface area (Å²) in [6, 6.07) is 6.11. The van der Waals surface area contributed by atoms with E-state index in [1.165, 1.54) is 18.5 Å². The SMILES string of the molecule is COCCCCCNCc1c(C)nc2ccccn12. The van der Waals surface area contributed by atoms with E-state index in [9.17, 15) is 0 Å². The largest absolute Gasteiger partial charge is 0.385 e. The Bertz CT molecular complexity index is 507. The molecule has 2 aromatic heterocycles. The summed E-state index contributed by atoms with van der Waals surface area (Å²) >= 11 is 0. The van der Waals surface area contributed by atoms with Crippen molar-refractivity contribution in [1.82, 2.24) is 14.7 Å². The molecule has 0 atom stereocenters. The van der Waals surface area contributed by atoms with Gasteiger partial charge in [0.1, 0.15) is 5.65 Å². The van der Waals surface area contributed by atoms with E-state index in [-0.39, 0.29) is 0 Å². The highest BCUT2D eigenvalue weighted by molar-refractivity contribution is 5.42. The highest BCUT2D eigenvalue weighted by atomic mass is 16.5. The van der Waals surface area contributed by atoms with Gasteiger partial charge in [-0.15, -0.1) is 0 Å². The third-order valence-corrected chi connectivity index (χ3v) is 3.32. The van der Waals surface area contributed by atoms with Gasteiger partial charge in [0.15, 0.2) is 0 Å². The number of unbranched alkanes of at least 4 members (excludes halogenated alkanes) is 2. The monoisotopic (exact) mass is 261 g/mol. The Morgan fingerprint density at radius 3 is 3.00 bits per heavy atom. The summed E-state index contributed by atoms with van der Waals surface area (Å²) < 4.78 is 7.20. The van der Waals surface area contributed by atoms with Gasteiger partial charge in [-0.05, 0) is 44.9 Å². The maximum atomic E-state index is 5.04. The Morgan fingerprint density at radius 1 is 1.26 bits per heavy atom. The Kier molecular flexibility index (Phi) is 5.36. The second-order valence-electron chi connectivity index (χ2n) is 4.80. The first-order valence-corrected chi connectivity index (χ1v) is 6.95. The Hall–Kier alpha value is -1.39. The molecule has 0 aliphatic rings. The molecule has 0 bridgehead atoms. The average Bonchev–Trinajstić information content (AvgIpc) is 2.74. The van der Waals surface area contributed by atoms with Gasteiger partial charge >= 0.3 is 0 Å². The Morgan fingerprint density at radius 2 is 2.16 bits per heavy atom. The number of pyridine rings is 1. The van der Waals surface area contributed by atoms with E-state index in [0.717, 1.165) is 37.5 Å². The predicted octanol–water partition coefficient (Wildman–Crippen LogP) is 2.55. The van der Waals surface area contributed by atoms with Crippen LogP contribution in [0.25, 0.3) is 5.65 Å². The Labute approximate surface area is 114 Å². The molecule has 0 aromatic carbocycles. The van der Waals surface area contributed by atoms with E-state index in [0.29, 0.717) is 0 Å². The van der Waals surface area contributed by atoms with Crippen LogP contribution in [-0.4, -0.2) is 29.6 Å². The molecule has 0 aliphatic carbocycles. The number of ether oxygens (including phenoxy) is 1. The minimum atomic E-state index is 0.867. The van der Waals surface area contributed by atoms with Gasteiger partial charge in [-0.2, -0.15) is 0 Å². The fourth-order valence-electron chi connectivity index (χ4n) is 2.26. The fraction of sp³-hybridized carbons (Fsp3) is 0.533. The van der Waals surface area contributed by atoms with Gasteiger partial charge in [0, 0.05) is 26.5 Å². The van der Waals surface area contributed by atoms with Gasteiger partial charge in [-0.3, -0.25) is 0 Å². The smallest absolute Gasteiger partial charge is 0.137 e. The van der Waals surface area contributed by atoms with Crippen molar-refractivity contribution in [3.8, 4) is 0 Å². The second kappa shape index (κ2) is 7.26. The van der Waals surface area contributed by atoms with Gasteiger partial charge in [-0.1, -0.05) is 6.07 Å². The maximum Gasteiger partial charge on any atom is 0.137 e. The van der Waals surface area contributed by atoms with Gasteiger partial charge in [-0.25, -0.2) is 4.98 Å². The lowest BCUT2D eigenvalue weighted by atomic mass is 10.2. The number of hydrogen-bond donors (Lipinski definition) is 1. The molecular formula is C15H23N3O. The van der Waals surface area contributed by atoms with Crippen LogP contribution in [0.15, 0.2) is 24.4 Å². The number of methoxy groups -OCH3 is 1. The summed E-state index contributed by atoms with van der Waals surface area (Å²) in [6.45, 7) is 4.86. The van der Waals surface area contributed by atoms with Crippen LogP contribution < -0.4 is 5.32 Å². The van der Waals surface area contributed by atoms with E-state index in [1.807, 2.05) is 18.2 Å². The molecule has 0 saturated carbocycles. The lowest BCUT2D eigenvalue weighted by Gasteiger charge is -2.06. The average molecular weight is 261 g/mol. The molecule has 2 aromatic rings. The van der Waals surface area contributed by atoms with E-state index >= 15 is 0 Å². The van der Waals surface area contributed by atoms with Crippen molar-refractivity contribution >= 4 is 5.65 Å². The standard InChI is InChI=1S/C15H23N3O/c1-13-14(12-16-9-5-3-7-11-19-2)18-10-6-4-8-15(18)17-13/h4,6,8,10,16H,3,5,7,9,11-12H2,1-2H3. The van der Waals surface area contributed by atoms with Crippen molar-refractivity contribution in [3.05, 3.63) is 35.8 Å². The summed E-state index contributed by atoms with van der Waals surface area (Å²) in [5, 5.41) is 3.50. The number of hydrogen-bond acceptors (Lipinski definition) is 3. The van der Waals surface area contributed by atoms with E-state index in [2.05, 4.69) is 27.8 Å². The first-order valence-electron chi connectivity index (χ1n) is 6.95. The quantitative estimate of drug-likeness (QED) is 0.742. The third-order valence-electron chi connectivity index (χ3n) is 3.32. The highest BCUT2D eigenvalue weighted by Crippen LogP contribution is 2.11. The van der Waals surface area contributed by atoms with Crippen molar-refractivity contribution in [2.75, 3.05) is 20.3 Å². The number of fused-ring (bicyclic) bond motifs is 1. The molecule has 0 saturated heterocycles. The van der Waals surface area contributed by atoms with E-state index < -0.39 is 0 Å². The molecule has 4 heteroatoms. The summed E-state index contributed by atoms with van der Waals surface area (Å²) in [7, 11) is 1.76. The zero-order valence-corrected chi connectivity index (χ0v) is 11.9. The zero-order valence-electron chi connectivity index (χ0n) is 11.9. The molecule has 0 unspecified atom stereocenters. The minimum absolute atomic E-state index is 0.867. The normalized spacial score (nSPS) is 11.3. The zero-order chi connectivity index (χ0) is 13.5. The van der Waals surface area contributed by atoms with Gasteiger partial charge in [0.25, 0.3) is 0 Å². The molecule has 2 heterocycles. The van der Waals surface area contributed by atoms with Gasteiger partial charge in [0.05, 0.1) is 11.4 Å². The van der Waals surface area contributed by atoms with Gasteiger partial charge in [0.2, 0.25) is 0 Å². The topological polar surface area (TPSA) is 38.6 Å². The van der Waals surface area contributed by atoms with Crippen LogP contribution in [0.5, 0.6) is 0 Å². The molecule has 104 valence electrons. The predicted molar refractivity (Wildman–Crippen MR) is 77.4 cm³/mol. The van der Waals surface area contributed by atoms with Crippen molar-refractivity contribution in [3.63, 3.8) is 0 Å². The summed E-state index contributed by atoms with van der Waals surface area (Å²) in [4.78, 5) is 4.56. The molecular weight excluding hydrogens is 238 g/mol. The van der Waals surface area contributed by atoms with Crippen molar-refractivity contribution in [1.29, 1.82) is 0 Å². The maximum absolute atomic E-state index is 5.04. The number of nitrogens with zero attached hydrogens (tertiary/aromatic N) is 2. The molecule has 0 fully saturated rings. The van der Waals surface area contributed by atoms with Crippen LogP contribution >= 0.6 is 0 Å². The molecule has 0 spiro atoms. The number of aryl methyl sites for hydroxylation is 1.